The third-order valence-corrected chi connectivity index (χ3v) is 4.98. The molecule has 1 N–H and O–H groups in total. The fourth-order valence-electron chi connectivity index (χ4n) is 2.24. The molecule has 1 aliphatic heterocycles. The van der Waals surface area contributed by atoms with Crippen LogP contribution in [0.25, 0.3) is 0 Å². The summed E-state index contributed by atoms with van der Waals surface area (Å²) in [5.74, 6) is 0.971. The van der Waals surface area contributed by atoms with Crippen LogP contribution in [-0.4, -0.2) is 48.0 Å². The van der Waals surface area contributed by atoms with Crippen molar-refractivity contribution in [3.05, 3.63) is 0 Å². The van der Waals surface area contributed by atoms with Crippen molar-refractivity contribution in [2.24, 2.45) is 10.9 Å². The second-order valence-corrected chi connectivity index (χ2v) is 6.17. The number of hydrogen-bond donors (Lipinski definition) is 1. The van der Waals surface area contributed by atoms with Crippen molar-refractivity contribution >= 4 is 16.9 Å². The molecule has 2 rings (SSSR count). The van der Waals surface area contributed by atoms with E-state index in [1.807, 2.05) is 11.8 Å². The van der Waals surface area contributed by atoms with Crippen LogP contribution < -0.4 is 5.32 Å². The van der Waals surface area contributed by atoms with Crippen molar-refractivity contribution in [2.75, 3.05) is 32.7 Å². The lowest BCUT2D eigenvalue weighted by Gasteiger charge is -2.17. The molecular weight excluding hydrogens is 230 g/mol. The summed E-state index contributed by atoms with van der Waals surface area (Å²) in [5, 5.41) is 5.47. The van der Waals surface area contributed by atoms with Crippen LogP contribution in [0.1, 0.15) is 33.1 Å². The van der Waals surface area contributed by atoms with Gasteiger partial charge in [0.05, 0.1) is 6.54 Å². The first-order chi connectivity index (χ1) is 8.33. The molecule has 3 nitrogen and oxygen atoms in total. The lowest BCUT2D eigenvalue weighted by molar-refractivity contribution is 0.300. The van der Waals surface area contributed by atoms with Gasteiger partial charge in [0, 0.05) is 11.8 Å². The summed E-state index contributed by atoms with van der Waals surface area (Å²) in [4.78, 5) is 7.06. The van der Waals surface area contributed by atoms with E-state index < -0.39 is 0 Å². The fraction of sp³-hybridized carbons (Fsp3) is 0.923. The summed E-state index contributed by atoms with van der Waals surface area (Å²) in [5.41, 5.74) is 0. The molecule has 98 valence electrons. The van der Waals surface area contributed by atoms with Gasteiger partial charge in [-0.15, -0.1) is 0 Å². The quantitative estimate of drug-likeness (QED) is 0.707. The standard InChI is InChI=1S/C13H25N3S/c1-3-16(4-2)9-5-8-14-13-15-10-12(17-13)11-6-7-11/h11-12H,3-10H2,1-2H3,(H,14,15). The summed E-state index contributed by atoms with van der Waals surface area (Å²) in [7, 11) is 0. The van der Waals surface area contributed by atoms with Crippen molar-refractivity contribution < 1.29 is 0 Å². The molecular formula is C13H25N3S. The van der Waals surface area contributed by atoms with Crippen LogP contribution in [0.2, 0.25) is 0 Å². The van der Waals surface area contributed by atoms with Crippen LogP contribution in [0.5, 0.6) is 0 Å². The Labute approximate surface area is 109 Å². The van der Waals surface area contributed by atoms with Crippen molar-refractivity contribution in [3.8, 4) is 0 Å². The maximum Gasteiger partial charge on any atom is 0.156 e. The van der Waals surface area contributed by atoms with E-state index in [0.29, 0.717) is 0 Å². The van der Waals surface area contributed by atoms with Gasteiger partial charge in [-0.1, -0.05) is 25.6 Å². The van der Waals surface area contributed by atoms with E-state index in [2.05, 4.69) is 29.1 Å². The molecule has 4 heteroatoms. The summed E-state index contributed by atoms with van der Waals surface area (Å²) >= 11 is 1.98. The zero-order chi connectivity index (χ0) is 12.1. The SMILES string of the molecule is CCN(CC)CCCNC1=NCC(C2CC2)S1. The molecule has 1 aliphatic carbocycles. The first-order valence-corrected chi connectivity index (χ1v) is 7.88. The predicted octanol–water partition coefficient (Wildman–Crippen LogP) is 2.19. The molecule has 0 spiro atoms. The molecule has 0 aromatic heterocycles. The van der Waals surface area contributed by atoms with Gasteiger partial charge in [-0.25, -0.2) is 0 Å². The Morgan fingerprint density at radius 2 is 2.12 bits per heavy atom. The number of amidine groups is 1. The highest BCUT2D eigenvalue weighted by Gasteiger charge is 2.35. The average Bonchev–Trinajstić information content (AvgIpc) is 3.10. The molecule has 1 unspecified atom stereocenters. The van der Waals surface area contributed by atoms with E-state index in [1.54, 1.807) is 0 Å². The zero-order valence-electron chi connectivity index (χ0n) is 11.1. The summed E-state index contributed by atoms with van der Waals surface area (Å²) in [6, 6.07) is 0. The highest BCUT2D eigenvalue weighted by molar-refractivity contribution is 8.14. The van der Waals surface area contributed by atoms with Crippen LogP contribution >= 0.6 is 11.8 Å². The van der Waals surface area contributed by atoms with E-state index in [9.17, 15) is 0 Å². The Balaban J connectivity index is 1.53. The molecule has 17 heavy (non-hydrogen) atoms. The molecule has 2 aliphatic rings. The number of rotatable bonds is 7. The minimum atomic E-state index is 0.792. The Morgan fingerprint density at radius 1 is 1.35 bits per heavy atom. The molecule has 1 atom stereocenters. The minimum absolute atomic E-state index is 0.792. The van der Waals surface area contributed by atoms with Crippen molar-refractivity contribution in [1.29, 1.82) is 0 Å². The average molecular weight is 255 g/mol. The first-order valence-electron chi connectivity index (χ1n) is 7.00. The largest absolute Gasteiger partial charge is 0.365 e. The van der Waals surface area contributed by atoms with E-state index in [-0.39, 0.29) is 0 Å². The zero-order valence-corrected chi connectivity index (χ0v) is 11.9. The van der Waals surface area contributed by atoms with Crippen molar-refractivity contribution in [2.45, 2.75) is 38.4 Å². The van der Waals surface area contributed by atoms with Crippen LogP contribution in [0, 0.1) is 5.92 Å². The van der Waals surface area contributed by atoms with E-state index >= 15 is 0 Å². The molecule has 0 amide bonds. The lowest BCUT2D eigenvalue weighted by atomic mass is 10.3. The van der Waals surface area contributed by atoms with Crippen LogP contribution in [0.15, 0.2) is 4.99 Å². The predicted molar refractivity (Wildman–Crippen MR) is 76.8 cm³/mol. The third kappa shape index (κ3) is 4.18. The van der Waals surface area contributed by atoms with Gasteiger partial charge in [0.2, 0.25) is 0 Å². The minimum Gasteiger partial charge on any atom is -0.365 e. The third-order valence-electron chi connectivity index (χ3n) is 3.65. The number of aliphatic imine (C=N–C) groups is 1. The fourth-order valence-corrected chi connectivity index (χ4v) is 3.47. The number of thioether (sulfide) groups is 1. The molecule has 1 heterocycles. The van der Waals surface area contributed by atoms with Gasteiger partial charge in [-0.05, 0) is 44.8 Å². The first kappa shape index (κ1) is 13.2. The van der Waals surface area contributed by atoms with Crippen LogP contribution in [-0.2, 0) is 0 Å². The van der Waals surface area contributed by atoms with Gasteiger partial charge in [0.1, 0.15) is 0 Å². The van der Waals surface area contributed by atoms with Crippen molar-refractivity contribution in [1.82, 2.24) is 10.2 Å². The highest BCUT2D eigenvalue weighted by atomic mass is 32.2. The van der Waals surface area contributed by atoms with E-state index in [4.69, 9.17) is 0 Å². The number of hydrogen-bond acceptors (Lipinski definition) is 4. The second-order valence-electron chi connectivity index (χ2n) is 4.95. The van der Waals surface area contributed by atoms with Gasteiger partial charge in [-0.2, -0.15) is 0 Å². The molecule has 1 fully saturated rings. The van der Waals surface area contributed by atoms with Gasteiger partial charge >= 0.3 is 0 Å². The van der Waals surface area contributed by atoms with Crippen LogP contribution in [0.3, 0.4) is 0 Å². The topological polar surface area (TPSA) is 27.6 Å². The lowest BCUT2D eigenvalue weighted by Crippen LogP contribution is -2.28. The highest BCUT2D eigenvalue weighted by Crippen LogP contribution is 2.41. The number of nitrogens with one attached hydrogen (secondary N) is 1. The van der Waals surface area contributed by atoms with Gasteiger partial charge in [0.15, 0.2) is 5.17 Å². The molecule has 0 aromatic carbocycles. The smallest absolute Gasteiger partial charge is 0.156 e. The molecule has 1 saturated carbocycles. The maximum absolute atomic E-state index is 4.59. The van der Waals surface area contributed by atoms with Gasteiger partial charge < -0.3 is 10.2 Å². The monoisotopic (exact) mass is 255 g/mol. The summed E-state index contributed by atoms with van der Waals surface area (Å²) in [6.07, 6.45) is 4.08. The Bertz CT molecular complexity index is 259. The van der Waals surface area contributed by atoms with Crippen molar-refractivity contribution in [3.63, 3.8) is 0 Å². The molecule has 0 radical (unpaired) electrons. The second kappa shape index (κ2) is 6.64. The molecule has 0 saturated heterocycles. The van der Waals surface area contributed by atoms with E-state index in [1.165, 1.54) is 31.0 Å². The normalized spacial score (nSPS) is 24.2. The Morgan fingerprint density at radius 3 is 2.76 bits per heavy atom. The van der Waals surface area contributed by atoms with Gasteiger partial charge in [0.25, 0.3) is 0 Å². The van der Waals surface area contributed by atoms with Crippen LogP contribution in [0.4, 0.5) is 0 Å². The maximum atomic E-state index is 4.59. The number of nitrogens with zero attached hydrogens (tertiary/aromatic N) is 2. The Kier molecular flexibility index (Phi) is 5.16. The molecule has 0 bridgehead atoms. The Hall–Kier alpha value is -0.220. The van der Waals surface area contributed by atoms with Gasteiger partial charge in [-0.3, -0.25) is 4.99 Å². The molecule has 0 aromatic rings. The van der Waals surface area contributed by atoms with E-state index in [0.717, 1.165) is 37.3 Å². The summed E-state index contributed by atoms with van der Waals surface area (Å²) in [6.45, 7) is 10.1. The summed E-state index contributed by atoms with van der Waals surface area (Å²) < 4.78 is 0.